The number of fused-ring (bicyclic) bond motifs is 2. The van der Waals surface area contributed by atoms with Crippen LogP contribution in [0.15, 0.2) is 56.1 Å². The summed E-state index contributed by atoms with van der Waals surface area (Å²) in [6.45, 7) is 2.55. The van der Waals surface area contributed by atoms with Crippen LogP contribution in [-0.2, 0) is 6.54 Å². The molecule has 4 rings (SSSR count). The lowest BCUT2D eigenvalue weighted by atomic mass is 10.1. The van der Waals surface area contributed by atoms with Gasteiger partial charge in [-0.15, -0.1) is 11.3 Å². The molecule has 6 heteroatoms. The van der Waals surface area contributed by atoms with Gasteiger partial charge in [-0.25, -0.2) is 9.78 Å². The van der Waals surface area contributed by atoms with Crippen molar-refractivity contribution >= 4 is 54.1 Å². The van der Waals surface area contributed by atoms with Crippen molar-refractivity contribution in [1.29, 1.82) is 0 Å². The van der Waals surface area contributed by atoms with Crippen LogP contribution in [0.3, 0.4) is 0 Å². The summed E-state index contributed by atoms with van der Waals surface area (Å²) in [5.74, 6) is 0. The van der Waals surface area contributed by atoms with Crippen LogP contribution in [0.5, 0.6) is 0 Å². The molecule has 0 radical (unpaired) electrons. The maximum Gasteiger partial charge on any atom is 0.336 e. The summed E-state index contributed by atoms with van der Waals surface area (Å²) in [4.78, 5) is 16.3. The summed E-state index contributed by atoms with van der Waals surface area (Å²) in [6.07, 6.45) is 0. The lowest BCUT2D eigenvalue weighted by Gasteiger charge is -2.09. The predicted octanol–water partition coefficient (Wildman–Crippen LogP) is 5.09. The number of halogens is 1. The van der Waals surface area contributed by atoms with Crippen LogP contribution in [0, 0.1) is 6.92 Å². The number of benzene rings is 2. The van der Waals surface area contributed by atoms with E-state index in [-0.39, 0.29) is 5.63 Å². The minimum Gasteiger partial charge on any atom is -0.423 e. The maximum absolute atomic E-state index is 11.8. The largest absolute Gasteiger partial charge is 0.423 e. The summed E-state index contributed by atoms with van der Waals surface area (Å²) in [5.41, 5.74) is 3.17. The highest BCUT2D eigenvalue weighted by Crippen LogP contribution is 2.26. The van der Waals surface area contributed by atoms with Gasteiger partial charge in [0, 0.05) is 28.2 Å². The summed E-state index contributed by atoms with van der Waals surface area (Å²) < 4.78 is 7.31. The molecule has 24 heavy (non-hydrogen) atoms. The molecule has 0 aliphatic rings. The van der Waals surface area contributed by atoms with Gasteiger partial charge in [0.25, 0.3) is 0 Å². The molecule has 0 aliphatic carbocycles. The molecule has 0 fully saturated rings. The van der Waals surface area contributed by atoms with Gasteiger partial charge in [-0.05, 0) is 48.9 Å². The van der Waals surface area contributed by atoms with E-state index in [9.17, 15) is 4.79 Å². The van der Waals surface area contributed by atoms with Crippen LogP contribution < -0.4 is 10.9 Å². The van der Waals surface area contributed by atoms with Gasteiger partial charge in [-0.2, -0.15) is 0 Å². The first kappa shape index (κ1) is 15.4. The van der Waals surface area contributed by atoms with E-state index in [4.69, 9.17) is 4.42 Å². The Morgan fingerprint density at radius 1 is 1.21 bits per heavy atom. The van der Waals surface area contributed by atoms with E-state index >= 15 is 0 Å². The lowest BCUT2D eigenvalue weighted by Crippen LogP contribution is -2.05. The van der Waals surface area contributed by atoms with Gasteiger partial charge in [-0.1, -0.05) is 15.9 Å². The average Bonchev–Trinajstić information content (AvgIpc) is 2.91. The number of rotatable bonds is 3. The highest BCUT2D eigenvalue weighted by atomic mass is 79.9. The number of anilines is 1. The zero-order valence-corrected chi connectivity index (χ0v) is 15.2. The SMILES string of the molecule is Cc1nc2ccc(NCc3cc(=O)oc4cc(Br)ccc34)cc2s1. The molecular formula is C18H13BrN2O2S. The van der Waals surface area contributed by atoms with Gasteiger partial charge in [0.2, 0.25) is 0 Å². The molecule has 2 aromatic carbocycles. The molecule has 0 saturated heterocycles. The van der Waals surface area contributed by atoms with Crippen molar-refractivity contribution in [3.8, 4) is 0 Å². The Balaban J connectivity index is 1.67. The highest BCUT2D eigenvalue weighted by Gasteiger charge is 2.07. The normalized spacial score (nSPS) is 11.2. The summed E-state index contributed by atoms with van der Waals surface area (Å²) in [7, 11) is 0. The smallest absolute Gasteiger partial charge is 0.336 e. The minimum absolute atomic E-state index is 0.342. The van der Waals surface area contributed by atoms with Crippen LogP contribution in [0.1, 0.15) is 10.6 Å². The van der Waals surface area contributed by atoms with Crippen molar-refractivity contribution in [3.05, 3.63) is 67.9 Å². The van der Waals surface area contributed by atoms with Gasteiger partial charge in [-0.3, -0.25) is 0 Å². The molecule has 0 unspecified atom stereocenters. The van der Waals surface area contributed by atoms with E-state index in [1.54, 1.807) is 17.4 Å². The van der Waals surface area contributed by atoms with E-state index in [2.05, 4.69) is 32.3 Å². The molecule has 2 aromatic heterocycles. The zero-order valence-electron chi connectivity index (χ0n) is 12.8. The number of aromatic nitrogens is 1. The van der Waals surface area contributed by atoms with Gasteiger partial charge in [0.05, 0.1) is 15.2 Å². The van der Waals surface area contributed by atoms with E-state index in [1.807, 2.05) is 37.3 Å². The first-order valence-corrected chi connectivity index (χ1v) is 9.03. The fourth-order valence-corrected chi connectivity index (χ4v) is 3.90. The quantitative estimate of drug-likeness (QED) is 0.486. The second kappa shape index (κ2) is 6.03. The number of hydrogen-bond donors (Lipinski definition) is 1. The molecule has 0 amide bonds. The molecule has 0 bridgehead atoms. The third kappa shape index (κ3) is 2.95. The summed E-state index contributed by atoms with van der Waals surface area (Å²) in [6, 6.07) is 13.4. The fraction of sp³-hybridized carbons (Fsp3) is 0.111. The third-order valence-electron chi connectivity index (χ3n) is 3.77. The van der Waals surface area contributed by atoms with Crippen molar-refractivity contribution in [3.63, 3.8) is 0 Å². The first-order valence-electron chi connectivity index (χ1n) is 7.42. The van der Waals surface area contributed by atoms with Gasteiger partial charge in [0.15, 0.2) is 0 Å². The summed E-state index contributed by atoms with van der Waals surface area (Å²) >= 11 is 5.07. The molecule has 0 spiro atoms. The monoisotopic (exact) mass is 400 g/mol. The topological polar surface area (TPSA) is 55.1 Å². The number of nitrogens with one attached hydrogen (secondary N) is 1. The molecule has 0 aliphatic heterocycles. The minimum atomic E-state index is -0.342. The van der Waals surface area contributed by atoms with Gasteiger partial charge >= 0.3 is 5.63 Å². The van der Waals surface area contributed by atoms with Crippen molar-refractivity contribution in [2.24, 2.45) is 0 Å². The highest BCUT2D eigenvalue weighted by molar-refractivity contribution is 9.10. The third-order valence-corrected chi connectivity index (χ3v) is 5.20. The first-order chi connectivity index (χ1) is 11.6. The van der Waals surface area contributed by atoms with E-state index in [0.717, 1.165) is 36.3 Å². The number of nitrogens with zero attached hydrogens (tertiary/aromatic N) is 1. The predicted molar refractivity (Wildman–Crippen MR) is 102 cm³/mol. The van der Waals surface area contributed by atoms with Crippen molar-refractivity contribution in [2.45, 2.75) is 13.5 Å². The van der Waals surface area contributed by atoms with Crippen LogP contribution in [0.2, 0.25) is 0 Å². The number of hydrogen-bond acceptors (Lipinski definition) is 5. The molecule has 2 heterocycles. The average molecular weight is 401 g/mol. The Kier molecular flexibility index (Phi) is 3.86. The van der Waals surface area contributed by atoms with E-state index in [0.29, 0.717) is 12.1 Å². The lowest BCUT2D eigenvalue weighted by molar-refractivity contribution is 0.559. The molecule has 1 N–H and O–H groups in total. The Hall–Kier alpha value is -2.18. The van der Waals surface area contributed by atoms with Crippen LogP contribution in [0.4, 0.5) is 5.69 Å². The fourth-order valence-electron chi connectivity index (χ4n) is 2.70. The molecule has 4 nitrogen and oxygen atoms in total. The molecular weight excluding hydrogens is 388 g/mol. The van der Waals surface area contributed by atoms with Gasteiger partial charge < -0.3 is 9.73 Å². The maximum atomic E-state index is 11.8. The number of aryl methyl sites for hydroxylation is 1. The van der Waals surface area contributed by atoms with Crippen molar-refractivity contribution < 1.29 is 4.42 Å². The zero-order chi connectivity index (χ0) is 16.7. The van der Waals surface area contributed by atoms with Crippen molar-refractivity contribution in [2.75, 3.05) is 5.32 Å². The summed E-state index contributed by atoms with van der Waals surface area (Å²) in [5, 5.41) is 5.37. The standard InChI is InChI=1S/C18H13BrN2O2S/c1-10-21-15-5-3-13(8-17(15)24-10)20-9-11-6-18(22)23-16-7-12(19)2-4-14(11)16/h2-8,20H,9H2,1H3. The second-order valence-electron chi connectivity index (χ2n) is 5.50. The van der Waals surface area contributed by atoms with Crippen LogP contribution >= 0.6 is 27.3 Å². The van der Waals surface area contributed by atoms with Crippen LogP contribution in [0.25, 0.3) is 21.2 Å². The van der Waals surface area contributed by atoms with Crippen molar-refractivity contribution in [1.82, 2.24) is 4.98 Å². The van der Waals surface area contributed by atoms with Gasteiger partial charge in [0.1, 0.15) is 5.58 Å². The Bertz CT molecular complexity index is 1120. The Morgan fingerprint density at radius 2 is 2.08 bits per heavy atom. The number of thiazole rings is 1. The molecule has 0 saturated carbocycles. The van der Waals surface area contributed by atoms with E-state index < -0.39 is 0 Å². The molecule has 0 atom stereocenters. The molecule has 4 aromatic rings. The Morgan fingerprint density at radius 3 is 2.96 bits per heavy atom. The van der Waals surface area contributed by atoms with Crippen LogP contribution in [-0.4, -0.2) is 4.98 Å². The molecule has 120 valence electrons. The van der Waals surface area contributed by atoms with E-state index in [1.165, 1.54) is 0 Å². The second-order valence-corrected chi connectivity index (χ2v) is 7.65. The Labute approximate surface area is 150 Å².